The van der Waals surface area contributed by atoms with E-state index in [0.29, 0.717) is 23.6 Å². The molecule has 1 aliphatic carbocycles. The monoisotopic (exact) mass is 472 g/mol. The van der Waals surface area contributed by atoms with Crippen LogP contribution in [0.3, 0.4) is 0 Å². The Morgan fingerprint density at radius 2 is 1.91 bits per heavy atom. The minimum Gasteiger partial charge on any atom is -0.508 e. The fourth-order valence-corrected chi connectivity index (χ4v) is 6.24. The molecule has 4 atom stereocenters. The lowest BCUT2D eigenvalue weighted by Crippen LogP contribution is -2.54. The SMILES string of the molecule is CC1C=C(Oc2cccc(CN3CCCN4CC(C)[C@](C)(c5cccc(O)c5)CC4C3)c2)C=CC1. The zero-order valence-corrected chi connectivity index (χ0v) is 21.5. The summed E-state index contributed by atoms with van der Waals surface area (Å²) in [5, 5.41) is 10.1. The van der Waals surface area contributed by atoms with Gasteiger partial charge in [-0.25, -0.2) is 0 Å². The second-order valence-corrected chi connectivity index (χ2v) is 11.2. The van der Waals surface area contributed by atoms with E-state index >= 15 is 0 Å². The van der Waals surface area contributed by atoms with Crippen molar-refractivity contribution in [3.63, 3.8) is 0 Å². The Morgan fingerprint density at radius 1 is 1.06 bits per heavy atom. The number of hydrogen-bond donors (Lipinski definition) is 1. The van der Waals surface area contributed by atoms with Crippen molar-refractivity contribution in [2.45, 2.75) is 58.0 Å². The Hall–Kier alpha value is -2.56. The van der Waals surface area contributed by atoms with E-state index in [1.807, 2.05) is 12.1 Å². The van der Waals surface area contributed by atoms with Crippen molar-refractivity contribution in [1.82, 2.24) is 9.80 Å². The minimum atomic E-state index is 0.0715. The van der Waals surface area contributed by atoms with Crippen LogP contribution in [0.15, 0.2) is 72.5 Å². The van der Waals surface area contributed by atoms with E-state index in [-0.39, 0.29) is 5.41 Å². The summed E-state index contributed by atoms with van der Waals surface area (Å²) in [7, 11) is 0. The molecule has 186 valence electrons. The number of piperidine rings is 1. The highest BCUT2D eigenvalue weighted by Gasteiger charge is 2.43. The van der Waals surface area contributed by atoms with Crippen LogP contribution in [0, 0.1) is 11.8 Å². The Balaban J connectivity index is 1.28. The van der Waals surface area contributed by atoms with Gasteiger partial charge in [0.25, 0.3) is 0 Å². The minimum absolute atomic E-state index is 0.0715. The smallest absolute Gasteiger partial charge is 0.127 e. The first-order chi connectivity index (χ1) is 16.9. The number of aromatic hydroxyl groups is 1. The number of ether oxygens (including phenoxy) is 1. The molecule has 1 N–H and O–H groups in total. The average molecular weight is 473 g/mol. The molecule has 4 heteroatoms. The molecule has 3 unspecified atom stereocenters. The molecule has 2 aromatic rings. The number of benzene rings is 2. The molecule has 0 amide bonds. The first kappa shape index (κ1) is 24.1. The number of rotatable bonds is 5. The van der Waals surface area contributed by atoms with Crippen LogP contribution in [-0.2, 0) is 12.0 Å². The molecule has 5 rings (SSSR count). The molecule has 0 aromatic heterocycles. The topological polar surface area (TPSA) is 35.9 Å². The van der Waals surface area contributed by atoms with Crippen molar-refractivity contribution in [3.8, 4) is 11.5 Å². The predicted molar refractivity (Wildman–Crippen MR) is 143 cm³/mol. The molecule has 2 saturated heterocycles. The van der Waals surface area contributed by atoms with E-state index in [1.54, 1.807) is 6.07 Å². The van der Waals surface area contributed by atoms with Gasteiger partial charge in [-0.15, -0.1) is 0 Å². The summed E-state index contributed by atoms with van der Waals surface area (Å²) in [6.07, 6.45) is 9.91. The van der Waals surface area contributed by atoms with Gasteiger partial charge in [0.1, 0.15) is 17.3 Å². The Morgan fingerprint density at radius 3 is 2.74 bits per heavy atom. The van der Waals surface area contributed by atoms with Crippen LogP contribution in [0.1, 0.15) is 51.2 Å². The van der Waals surface area contributed by atoms with Gasteiger partial charge < -0.3 is 9.84 Å². The molecular weight excluding hydrogens is 432 g/mol. The Kier molecular flexibility index (Phi) is 7.04. The second-order valence-electron chi connectivity index (χ2n) is 11.2. The van der Waals surface area contributed by atoms with Crippen molar-refractivity contribution in [1.29, 1.82) is 0 Å². The molecule has 0 spiro atoms. The van der Waals surface area contributed by atoms with E-state index in [4.69, 9.17) is 4.74 Å². The molecule has 4 nitrogen and oxygen atoms in total. The highest BCUT2D eigenvalue weighted by molar-refractivity contribution is 5.35. The van der Waals surface area contributed by atoms with Crippen LogP contribution in [0.4, 0.5) is 0 Å². The van der Waals surface area contributed by atoms with Crippen molar-refractivity contribution < 1.29 is 9.84 Å². The van der Waals surface area contributed by atoms with Gasteiger partial charge in [0.2, 0.25) is 0 Å². The lowest BCUT2D eigenvalue weighted by atomic mass is 9.66. The summed E-state index contributed by atoms with van der Waals surface area (Å²) in [6, 6.07) is 17.1. The average Bonchev–Trinajstić information content (AvgIpc) is 3.01. The van der Waals surface area contributed by atoms with Crippen LogP contribution >= 0.6 is 0 Å². The van der Waals surface area contributed by atoms with E-state index in [9.17, 15) is 5.11 Å². The Bertz CT molecular complexity index is 1090. The molecule has 0 radical (unpaired) electrons. The molecule has 35 heavy (non-hydrogen) atoms. The molecule has 2 aromatic carbocycles. The molecule has 2 heterocycles. The van der Waals surface area contributed by atoms with Gasteiger partial charge in [-0.3, -0.25) is 9.80 Å². The summed E-state index contributed by atoms with van der Waals surface area (Å²) < 4.78 is 6.19. The summed E-state index contributed by atoms with van der Waals surface area (Å²) in [6.45, 7) is 12.5. The third kappa shape index (κ3) is 5.49. The van der Waals surface area contributed by atoms with E-state index in [2.05, 4.69) is 79.1 Å². The standard InChI is InChI=1S/C31H40N2O2/c1-23-8-4-12-29(16-23)35-30-13-5-9-25(17-30)21-32-14-7-15-33-20-24(2)31(3,19-27(33)22-32)26-10-6-11-28(34)18-26/h4-6,9-13,16-18,23-24,27,34H,7-8,14-15,19-22H2,1-3H3/t23?,24?,27?,31-/m1/s1. The molecular formula is C31H40N2O2. The van der Waals surface area contributed by atoms with Gasteiger partial charge in [-0.1, -0.05) is 51.1 Å². The van der Waals surface area contributed by atoms with Crippen molar-refractivity contribution in [3.05, 3.63) is 83.6 Å². The van der Waals surface area contributed by atoms with E-state index in [1.165, 1.54) is 24.1 Å². The van der Waals surface area contributed by atoms with E-state index < -0.39 is 0 Å². The third-order valence-corrected chi connectivity index (χ3v) is 8.45. The van der Waals surface area contributed by atoms with Crippen LogP contribution < -0.4 is 4.74 Å². The van der Waals surface area contributed by atoms with Crippen molar-refractivity contribution in [2.75, 3.05) is 26.2 Å². The van der Waals surface area contributed by atoms with Gasteiger partial charge in [-0.05, 0) is 97.1 Å². The molecule has 2 fully saturated rings. The number of phenols is 1. The first-order valence-corrected chi connectivity index (χ1v) is 13.3. The molecule has 3 aliphatic rings. The Labute approximate surface area is 210 Å². The summed E-state index contributed by atoms with van der Waals surface area (Å²) >= 11 is 0. The second kappa shape index (κ2) is 10.2. The fourth-order valence-electron chi connectivity index (χ4n) is 6.24. The quantitative estimate of drug-likeness (QED) is 0.568. The van der Waals surface area contributed by atoms with Gasteiger partial charge in [0.15, 0.2) is 0 Å². The maximum Gasteiger partial charge on any atom is 0.127 e. The summed E-state index contributed by atoms with van der Waals surface area (Å²) in [5.41, 5.74) is 2.65. The van der Waals surface area contributed by atoms with E-state index in [0.717, 1.165) is 50.5 Å². The van der Waals surface area contributed by atoms with Gasteiger partial charge in [0, 0.05) is 25.7 Å². The maximum absolute atomic E-state index is 10.1. The number of fused-ring (bicyclic) bond motifs is 1. The maximum atomic E-state index is 10.1. The lowest BCUT2D eigenvalue weighted by Gasteiger charge is -2.49. The van der Waals surface area contributed by atoms with Crippen LogP contribution in [0.5, 0.6) is 11.5 Å². The zero-order valence-electron chi connectivity index (χ0n) is 21.5. The lowest BCUT2D eigenvalue weighted by molar-refractivity contribution is 0.0503. The molecule has 0 bridgehead atoms. The normalized spacial score (nSPS) is 29.8. The largest absolute Gasteiger partial charge is 0.508 e. The van der Waals surface area contributed by atoms with Crippen LogP contribution in [0.2, 0.25) is 0 Å². The fraction of sp³-hybridized carbons (Fsp3) is 0.484. The zero-order chi connectivity index (χ0) is 24.4. The highest BCUT2D eigenvalue weighted by Crippen LogP contribution is 2.43. The number of hydrogen-bond acceptors (Lipinski definition) is 4. The van der Waals surface area contributed by atoms with Crippen molar-refractivity contribution in [2.24, 2.45) is 11.8 Å². The number of phenolic OH excluding ortho intramolecular Hbond substituents is 1. The summed E-state index contributed by atoms with van der Waals surface area (Å²) in [4.78, 5) is 5.35. The van der Waals surface area contributed by atoms with Gasteiger partial charge >= 0.3 is 0 Å². The van der Waals surface area contributed by atoms with Gasteiger partial charge in [0.05, 0.1) is 0 Å². The number of nitrogens with zero attached hydrogens (tertiary/aromatic N) is 2. The third-order valence-electron chi connectivity index (χ3n) is 8.45. The molecule has 2 aliphatic heterocycles. The molecule has 0 saturated carbocycles. The highest BCUT2D eigenvalue weighted by atomic mass is 16.5. The summed E-state index contributed by atoms with van der Waals surface area (Å²) in [5.74, 6) is 3.33. The predicted octanol–water partition coefficient (Wildman–Crippen LogP) is 6.12. The van der Waals surface area contributed by atoms with Crippen LogP contribution in [0.25, 0.3) is 0 Å². The first-order valence-electron chi connectivity index (χ1n) is 13.3. The number of allylic oxidation sites excluding steroid dienone is 3. The van der Waals surface area contributed by atoms with Crippen LogP contribution in [-0.4, -0.2) is 47.1 Å². The van der Waals surface area contributed by atoms with Gasteiger partial charge in [-0.2, -0.15) is 0 Å². The van der Waals surface area contributed by atoms with Crippen molar-refractivity contribution >= 4 is 0 Å².